The Hall–Kier alpha value is -3.65. The highest BCUT2D eigenvalue weighted by molar-refractivity contribution is 5.87. The number of aliphatic hydroxyl groups excluding tert-OH is 1. The maximum atomic E-state index is 12.1. The van der Waals surface area contributed by atoms with Gasteiger partial charge in [0.05, 0.1) is 12.5 Å². The van der Waals surface area contributed by atoms with Crippen molar-refractivity contribution < 1.29 is 24.2 Å². The van der Waals surface area contributed by atoms with Crippen molar-refractivity contribution in [1.29, 1.82) is 0 Å². The Morgan fingerprint density at radius 1 is 1.03 bits per heavy atom. The number of alkyl carbamates (subject to hydrolysis) is 1. The van der Waals surface area contributed by atoms with E-state index in [-0.39, 0.29) is 26.0 Å². The van der Waals surface area contributed by atoms with E-state index in [4.69, 9.17) is 10.5 Å². The number of carbonyl (C=O) groups excluding carboxylic acids is 3. The number of amides is 3. The molecule has 0 bridgehead atoms. The summed E-state index contributed by atoms with van der Waals surface area (Å²) < 4.78 is 5.03. The van der Waals surface area contributed by atoms with Crippen LogP contribution >= 0.6 is 0 Å². The largest absolute Gasteiger partial charge is 0.445 e. The highest BCUT2D eigenvalue weighted by atomic mass is 16.5. The van der Waals surface area contributed by atoms with Gasteiger partial charge in [0.1, 0.15) is 12.6 Å². The van der Waals surface area contributed by atoms with Gasteiger partial charge in [0.25, 0.3) is 0 Å². The number of rotatable bonds is 11. The molecule has 0 unspecified atom stereocenters. The number of ether oxygens (including phenoxy) is 1. The quantitative estimate of drug-likeness (QED) is 0.436. The van der Waals surface area contributed by atoms with Crippen LogP contribution in [0.25, 0.3) is 6.08 Å². The molecule has 0 spiro atoms. The standard InChI is InChI=1S/C23H27N3O5/c24-22(29)20(13-7-12-17-8-3-1-4-9-17)26-21(28)14-19(27)15-25-23(30)31-16-18-10-5-2-6-11-18/h1-12,19-20,27H,13-16H2,(H2,24,29)(H,25,30)(H,26,28)/b12-7+/t19-,20-/m1/s1. The highest BCUT2D eigenvalue weighted by Crippen LogP contribution is 2.04. The molecule has 0 fully saturated rings. The molecule has 164 valence electrons. The van der Waals surface area contributed by atoms with Gasteiger partial charge >= 0.3 is 6.09 Å². The fourth-order valence-electron chi connectivity index (χ4n) is 2.67. The van der Waals surface area contributed by atoms with Gasteiger partial charge in [-0.05, 0) is 17.5 Å². The minimum atomic E-state index is -1.14. The molecule has 2 aromatic rings. The fraction of sp³-hybridized carbons (Fsp3) is 0.261. The Bertz CT molecular complexity index is 871. The molecule has 8 heteroatoms. The van der Waals surface area contributed by atoms with Crippen LogP contribution in [0.5, 0.6) is 0 Å². The molecule has 3 amide bonds. The van der Waals surface area contributed by atoms with Crippen LogP contribution in [0.2, 0.25) is 0 Å². The number of benzene rings is 2. The lowest BCUT2D eigenvalue weighted by Crippen LogP contribution is -2.45. The van der Waals surface area contributed by atoms with Gasteiger partial charge < -0.3 is 26.2 Å². The van der Waals surface area contributed by atoms with Crippen LogP contribution in [-0.2, 0) is 20.9 Å². The third-order valence-corrected chi connectivity index (χ3v) is 4.28. The first-order valence-corrected chi connectivity index (χ1v) is 9.87. The van der Waals surface area contributed by atoms with Crippen molar-refractivity contribution in [2.45, 2.75) is 31.6 Å². The number of aliphatic hydroxyl groups is 1. The van der Waals surface area contributed by atoms with E-state index in [0.29, 0.717) is 0 Å². The first-order valence-electron chi connectivity index (χ1n) is 9.87. The molecule has 0 saturated heterocycles. The van der Waals surface area contributed by atoms with Crippen molar-refractivity contribution in [2.24, 2.45) is 5.73 Å². The van der Waals surface area contributed by atoms with Gasteiger partial charge in [-0.3, -0.25) is 9.59 Å². The van der Waals surface area contributed by atoms with Crippen molar-refractivity contribution in [3.05, 3.63) is 77.9 Å². The molecule has 2 rings (SSSR count). The van der Waals surface area contributed by atoms with Crippen LogP contribution in [0.15, 0.2) is 66.7 Å². The highest BCUT2D eigenvalue weighted by Gasteiger charge is 2.19. The molecular weight excluding hydrogens is 398 g/mol. The third-order valence-electron chi connectivity index (χ3n) is 4.28. The van der Waals surface area contributed by atoms with Crippen molar-refractivity contribution >= 4 is 24.0 Å². The van der Waals surface area contributed by atoms with Crippen LogP contribution in [0.3, 0.4) is 0 Å². The summed E-state index contributed by atoms with van der Waals surface area (Å²) in [5.74, 6) is -1.23. The van der Waals surface area contributed by atoms with E-state index < -0.39 is 30.1 Å². The summed E-state index contributed by atoms with van der Waals surface area (Å²) in [5.41, 5.74) is 7.14. The number of hydrogen-bond acceptors (Lipinski definition) is 5. The summed E-state index contributed by atoms with van der Waals surface area (Å²) in [6, 6.07) is 17.7. The Balaban J connectivity index is 1.70. The second-order valence-electron chi connectivity index (χ2n) is 6.87. The lowest BCUT2D eigenvalue weighted by Gasteiger charge is -2.16. The zero-order valence-electron chi connectivity index (χ0n) is 17.1. The number of nitrogens with two attached hydrogens (primary N) is 1. The van der Waals surface area contributed by atoms with Gasteiger partial charge in [-0.2, -0.15) is 0 Å². The van der Waals surface area contributed by atoms with Gasteiger partial charge in [-0.25, -0.2) is 4.79 Å². The summed E-state index contributed by atoms with van der Waals surface area (Å²) in [6.07, 6.45) is 1.64. The summed E-state index contributed by atoms with van der Waals surface area (Å²) in [4.78, 5) is 35.4. The maximum absolute atomic E-state index is 12.1. The lowest BCUT2D eigenvalue weighted by molar-refractivity contribution is -0.128. The van der Waals surface area contributed by atoms with Gasteiger partial charge in [0.2, 0.25) is 11.8 Å². The molecule has 0 heterocycles. The van der Waals surface area contributed by atoms with Crippen molar-refractivity contribution in [3.8, 4) is 0 Å². The zero-order valence-corrected chi connectivity index (χ0v) is 17.1. The molecule has 0 aliphatic heterocycles. The third kappa shape index (κ3) is 9.60. The molecule has 0 aromatic heterocycles. The van der Waals surface area contributed by atoms with Gasteiger partial charge in [-0.15, -0.1) is 0 Å². The van der Waals surface area contributed by atoms with E-state index in [1.165, 1.54) is 0 Å². The minimum Gasteiger partial charge on any atom is -0.445 e. The van der Waals surface area contributed by atoms with E-state index in [1.54, 1.807) is 6.08 Å². The number of hydrogen-bond donors (Lipinski definition) is 4. The van der Waals surface area contributed by atoms with E-state index in [0.717, 1.165) is 11.1 Å². The van der Waals surface area contributed by atoms with Crippen LogP contribution < -0.4 is 16.4 Å². The van der Waals surface area contributed by atoms with Gasteiger partial charge in [0, 0.05) is 6.54 Å². The summed E-state index contributed by atoms with van der Waals surface area (Å²) >= 11 is 0. The average molecular weight is 425 g/mol. The maximum Gasteiger partial charge on any atom is 0.407 e. The summed E-state index contributed by atoms with van der Waals surface area (Å²) in [6.45, 7) is -0.0732. The Labute approximate surface area is 181 Å². The number of carbonyl (C=O) groups is 3. The molecule has 2 aromatic carbocycles. The van der Waals surface area contributed by atoms with Crippen LogP contribution in [0.4, 0.5) is 4.79 Å². The van der Waals surface area contributed by atoms with Gasteiger partial charge in [-0.1, -0.05) is 72.8 Å². The lowest BCUT2D eigenvalue weighted by atomic mass is 10.1. The summed E-state index contributed by atoms with van der Waals surface area (Å²) in [7, 11) is 0. The zero-order chi connectivity index (χ0) is 22.5. The molecule has 8 nitrogen and oxygen atoms in total. The monoisotopic (exact) mass is 425 g/mol. The normalized spacial score (nSPS) is 12.7. The van der Waals surface area contributed by atoms with E-state index >= 15 is 0 Å². The van der Waals surface area contributed by atoms with Crippen LogP contribution in [0.1, 0.15) is 24.0 Å². The van der Waals surface area contributed by atoms with E-state index in [1.807, 2.05) is 66.7 Å². The Morgan fingerprint density at radius 3 is 2.32 bits per heavy atom. The Morgan fingerprint density at radius 2 is 1.68 bits per heavy atom. The van der Waals surface area contributed by atoms with Crippen LogP contribution in [-0.4, -0.2) is 41.7 Å². The van der Waals surface area contributed by atoms with Crippen LogP contribution in [0, 0.1) is 0 Å². The predicted molar refractivity (Wildman–Crippen MR) is 116 cm³/mol. The first-order chi connectivity index (χ1) is 14.9. The predicted octanol–water partition coefficient (Wildman–Crippen LogP) is 1.74. The summed E-state index contributed by atoms with van der Waals surface area (Å²) in [5, 5.41) is 14.9. The topological polar surface area (TPSA) is 131 Å². The molecule has 2 atom stereocenters. The van der Waals surface area contributed by atoms with Crippen molar-refractivity contribution in [1.82, 2.24) is 10.6 Å². The van der Waals surface area contributed by atoms with E-state index in [9.17, 15) is 19.5 Å². The molecule has 5 N–H and O–H groups in total. The minimum absolute atomic E-state index is 0.0973. The second kappa shape index (κ2) is 12.8. The molecular formula is C23H27N3O5. The number of nitrogens with one attached hydrogen (secondary N) is 2. The smallest absolute Gasteiger partial charge is 0.407 e. The number of primary amides is 1. The van der Waals surface area contributed by atoms with Gasteiger partial charge in [0.15, 0.2) is 0 Å². The average Bonchev–Trinajstić information content (AvgIpc) is 2.77. The second-order valence-corrected chi connectivity index (χ2v) is 6.87. The first kappa shape index (κ1) is 23.6. The molecule has 0 aliphatic carbocycles. The SMILES string of the molecule is NC(=O)[C@@H](C/C=C/c1ccccc1)NC(=O)C[C@@H](O)CNC(=O)OCc1ccccc1. The molecule has 0 saturated carbocycles. The molecule has 0 radical (unpaired) electrons. The van der Waals surface area contributed by atoms with Crippen molar-refractivity contribution in [3.63, 3.8) is 0 Å². The Kier molecular flexibility index (Phi) is 9.77. The molecule has 0 aliphatic rings. The fourth-order valence-corrected chi connectivity index (χ4v) is 2.67. The molecule has 31 heavy (non-hydrogen) atoms. The van der Waals surface area contributed by atoms with Crippen molar-refractivity contribution in [2.75, 3.05) is 6.54 Å². The van der Waals surface area contributed by atoms with E-state index in [2.05, 4.69) is 10.6 Å².